The highest BCUT2D eigenvalue weighted by Gasteiger charge is 2.66. The van der Waals surface area contributed by atoms with Crippen LogP contribution in [0.25, 0.3) is 0 Å². The van der Waals surface area contributed by atoms with E-state index in [4.69, 9.17) is 9.47 Å². The van der Waals surface area contributed by atoms with Crippen molar-refractivity contribution in [1.82, 2.24) is 5.32 Å². The number of rotatable bonds is 5. The molecule has 0 bridgehead atoms. The second kappa shape index (κ2) is 11.2. The summed E-state index contributed by atoms with van der Waals surface area (Å²) < 4.78 is 11.9. The molecule has 1 aromatic carbocycles. The Morgan fingerprint density at radius 3 is 2.51 bits per heavy atom. The predicted octanol–water partition coefficient (Wildman–Crippen LogP) is 4.20. The van der Waals surface area contributed by atoms with Crippen LogP contribution >= 0.6 is 0 Å². The summed E-state index contributed by atoms with van der Waals surface area (Å²) in [5, 5.41) is 46.4. The minimum atomic E-state index is -1.31. The van der Waals surface area contributed by atoms with Crippen LogP contribution in [-0.4, -0.2) is 74.8 Å². The van der Waals surface area contributed by atoms with E-state index in [0.29, 0.717) is 11.5 Å². The van der Waals surface area contributed by atoms with E-state index in [0.717, 1.165) is 56.9 Å². The number of fused-ring (bicyclic) bond motifs is 5. The number of aliphatic hydroxyl groups excluding tert-OH is 3. The number of aliphatic hydroxyl groups is 4. The number of amides is 1. The smallest absolute Gasteiger partial charge is 0.251 e. The molecule has 0 radical (unpaired) electrons. The van der Waals surface area contributed by atoms with Gasteiger partial charge in [0.1, 0.15) is 18.3 Å². The molecule has 4 fully saturated rings. The summed E-state index contributed by atoms with van der Waals surface area (Å²) >= 11 is 0. The molecule has 8 nitrogen and oxygen atoms in total. The molecule has 6 rings (SSSR count). The molecule has 5 N–H and O–H groups in total. The SMILES string of the molecule is CC(C)NC(=O)c1cccc([C@H]2CC[C@]3(O)[C@@H]4CCC5=C[C@@H](O[C@@H]6O[C@@H](C)[C@H](O)[C@@H](O)[C@H]6O)CC[C@]5(C)[C@H]4CC[C@]23C)c1. The van der Waals surface area contributed by atoms with Crippen LogP contribution in [-0.2, 0) is 9.47 Å². The van der Waals surface area contributed by atoms with Gasteiger partial charge in [0.2, 0.25) is 0 Å². The Bertz CT molecular complexity index is 1250. The van der Waals surface area contributed by atoms with Gasteiger partial charge in [0, 0.05) is 17.0 Å². The Balaban J connectivity index is 1.20. The van der Waals surface area contributed by atoms with Crippen molar-refractivity contribution >= 4 is 5.91 Å². The lowest BCUT2D eigenvalue weighted by atomic mass is 9.45. The monoisotopic (exact) mass is 597 g/mol. The molecule has 5 aliphatic rings. The summed E-state index contributed by atoms with van der Waals surface area (Å²) in [6.07, 6.45) is 3.82. The molecule has 4 aliphatic carbocycles. The van der Waals surface area contributed by atoms with Gasteiger partial charge in [0.15, 0.2) is 6.29 Å². The molecule has 0 unspecified atom stereocenters. The number of nitrogens with one attached hydrogen (secondary N) is 1. The topological polar surface area (TPSA) is 128 Å². The molecule has 1 aromatic rings. The molecule has 0 aromatic heterocycles. The van der Waals surface area contributed by atoms with Crippen molar-refractivity contribution in [2.75, 3.05) is 0 Å². The quantitative estimate of drug-likeness (QED) is 0.322. The maximum atomic E-state index is 12.8. The molecule has 238 valence electrons. The lowest BCUT2D eigenvalue weighted by Crippen LogP contribution is -2.60. The van der Waals surface area contributed by atoms with Crippen molar-refractivity contribution in [1.29, 1.82) is 0 Å². The second-order valence-electron chi connectivity index (χ2n) is 15.0. The van der Waals surface area contributed by atoms with Crippen molar-refractivity contribution in [2.24, 2.45) is 22.7 Å². The first-order valence-corrected chi connectivity index (χ1v) is 16.5. The van der Waals surface area contributed by atoms with Gasteiger partial charge in [-0.2, -0.15) is 0 Å². The van der Waals surface area contributed by atoms with Crippen LogP contribution in [0, 0.1) is 22.7 Å². The molecule has 1 saturated heterocycles. The van der Waals surface area contributed by atoms with Crippen LogP contribution in [0.3, 0.4) is 0 Å². The molecular formula is C35H51NO7. The average Bonchev–Trinajstić information content (AvgIpc) is 3.25. The van der Waals surface area contributed by atoms with Crippen LogP contribution in [0.2, 0.25) is 0 Å². The number of hydrogen-bond donors (Lipinski definition) is 5. The van der Waals surface area contributed by atoms with Gasteiger partial charge in [0.05, 0.1) is 17.8 Å². The minimum absolute atomic E-state index is 0.0260. The number of benzene rings is 1. The lowest BCUT2D eigenvalue weighted by Gasteiger charge is -2.62. The highest BCUT2D eigenvalue weighted by molar-refractivity contribution is 5.94. The van der Waals surface area contributed by atoms with Gasteiger partial charge in [-0.25, -0.2) is 0 Å². The third kappa shape index (κ3) is 5.01. The van der Waals surface area contributed by atoms with E-state index in [1.54, 1.807) is 6.92 Å². The molecule has 1 heterocycles. The zero-order valence-electron chi connectivity index (χ0n) is 26.3. The van der Waals surface area contributed by atoms with Gasteiger partial charge < -0.3 is 35.2 Å². The summed E-state index contributed by atoms with van der Waals surface area (Å²) in [6, 6.07) is 8.12. The summed E-state index contributed by atoms with van der Waals surface area (Å²) in [5.41, 5.74) is 2.18. The summed E-state index contributed by atoms with van der Waals surface area (Å²) in [4.78, 5) is 12.8. The van der Waals surface area contributed by atoms with Crippen molar-refractivity contribution < 1.29 is 34.7 Å². The summed E-state index contributed by atoms with van der Waals surface area (Å²) in [6.45, 7) is 10.3. The van der Waals surface area contributed by atoms with Gasteiger partial charge >= 0.3 is 0 Å². The number of carbonyl (C=O) groups excluding carboxylic acids is 1. The van der Waals surface area contributed by atoms with Crippen molar-refractivity contribution in [3.63, 3.8) is 0 Å². The molecule has 1 amide bonds. The van der Waals surface area contributed by atoms with E-state index in [1.165, 1.54) is 5.57 Å². The number of hydrogen-bond acceptors (Lipinski definition) is 7. The summed E-state index contributed by atoms with van der Waals surface area (Å²) in [7, 11) is 0. The minimum Gasteiger partial charge on any atom is -0.389 e. The van der Waals surface area contributed by atoms with Crippen molar-refractivity contribution in [3.05, 3.63) is 47.0 Å². The molecule has 3 saturated carbocycles. The second-order valence-corrected chi connectivity index (χ2v) is 15.0. The van der Waals surface area contributed by atoms with Crippen LogP contribution in [0.1, 0.15) is 108 Å². The zero-order valence-corrected chi connectivity index (χ0v) is 26.3. The zero-order chi connectivity index (χ0) is 30.9. The van der Waals surface area contributed by atoms with E-state index in [1.807, 2.05) is 32.0 Å². The first-order chi connectivity index (χ1) is 20.3. The molecule has 0 spiro atoms. The van der Waals surface area contributed by atoms with Gasteiger partial charge in [-0.15, -0.1) is 0 Å². The molecular weight excluding hydrogens is 546 g/mol. The van der Waals surface area contributed by atoms with Crippen molar-refractivity contribution in [3.8, 4) is 0 Å². The standard InChI is InChI=1S/C35H51NO7/c1-19(2)36-31(40)22-8-6-7-21(17-22)25-13-16-35(41)27-10-9-23-18-24(43-32-30(39)29(38)28(37)20(3)42-32)11-14-33(23,4)26(27)12-15-34(25,35)5/h6-8,17-20,24-30,32,37-39,41H,9-16H2,1-5H3,(H,36,40)/t20-,24-,25+,26-,27+,28-,29+,30+,32-,33-,34+,35-/m0/s1. The van der Waals surface area contributed by atoms with Gasteiger partial charge in [-0.05, 0) is 113 Å². The first kappa shape index (κ1) is 31.2. The third-order valence-electron chi connectivity index (χ3n) is 12.3. The Kier molecular flexibility index (Phi) is 8.13. The maximum Gasteiger partial charge on any atom is 0.251 e. The number of ether oxygens (including phenoxy) is 2. The van der Waals surface area contributed by atoms with E-state index in [-0.39, 0.29) is 40.7 Å². The van der Waals surface area contributed by atoms with E-state index < -0.39 is 36.3 Å². The number of allylic oxidation sites excluding steroid dienone is 1. The fraction of sp³-hybridized carbons (Fsp3) is 0.743. The highest BCUT2D eigenvalue weighted by Crippen LogP contribution is 2.70. The fourth-order valence-electron chi connectivity index (χ4n) is 9.85. The normalized spacial score (nSPS) is 46.0. The van der Waals surface area contributed by atoms with E-state index in [9.17, 15) is 25.2 Å². The van der Waals surface area contributed by atoms with Crippen LogP contribution in [0.5, 0.6) is 0 Å². The molecule has 1 aliphatic heterocycles. The van der Waals surface area contributed by atoms with Gasteiger partial charge in [0.25, 0.3) is 5.91 Å². The largest absolute Gasteiger partial charge is 0.389 e. The van der Waals surface area contributed by atoms with Crippen molar-refractivity contribution in [2.45, 2.75) is 140 Å². The van der Waals surface area contributed by atoms with Crippen LogP contribution in [0.15, 0.2) is 35.9 Å². The average molecular weight is 598 g/mol. The maximum absolute atomic E-state index is 12.8. The predicted molar refractivity (Wildman–Crippen MR) is 162 cm³/mol. The van der Waals surface area contributed by atoms with E-state index >= 15 is 0 Å². The fourth-order valence-corrected chi connectivity index (χ4v) is 9.85. The van der Waals surface area contributed by atoms with Crippen LogP contribution < -0.4 is 5.32 Å². The first-order valence-electron chi connectivity index (χ1n) is 16.5. The molecule has 8 heteroatoms. The Morgan fingerprint density at radius 1 is 1.00 bits per heavy atom. The van der Waals surface area contributed by atoms with E-state index in [2.05, 4.69) is 31.3 Å². The Morgan fingerprint density at radius 2 is 1.77 bits per heavy atom. The number of carbonyl (C=O) groups is 1. The third-order valence-corrected chi connectivity index (χ3v) is 12.3. The van der Waals surface area contributed by atoms with Crippen LogP contribution in [0.4, 0.5) is 0 Å². The highest BCUT2D eigenvalue weighted by atomic mass is 16.7. The Labute approximate surface area is 255 Å². The summed E-state index contributed by atoms with van der Waals surface area (Å²) in [5.74, 6) is 0.745. The van der Waals surface area contributed by atoms with Gasteiger partial charge in [-0.3, -0.25) is 4.79 Å². The van der Waals surface area contributed by atoms with Gasteiger partial charge in [-0.1, -0.05) is 37.6 Å². The lowest BCUT2D eigenvalue weighted by molar-refractivity contribution is -0.301. The Hall–Kier alpha value is -1.81. The molecule has 12 atom stereocenters. The molecule has 43 heavy (non-hydrogen) atoms.